The van der Waals surface area contributed by atoms with E-state index in [0.29, 0.717) is 6.04 Å². The molecule has 0 saturated carbocycles. The molecule has 0 atom stereocenters. The molecule has 0 fully saturated rings. The third-order valence-electron chi connectivity index (χ3n) is 3.31. The molecule has 90 valence electrons. The Balaban J connectivity index is 2.95. The van der Waals surface area contributed by atoms with Crippen LogP contribution in [0.4, 0.5) is 5.69 Å². The fraction of sp³-hybridized carbons (Fsp3) is 0.571. The topological polar surface area (TPSA) is 23.5 Å². The molecule has 0 saturated heterocycles. The standard InChI is InChI=1S/C14H23NO/c1-5-13(6-2)15(4)14-8-7-12(10-16)9-11(14)3/h7-9,13,16H,5-6,10H2,1-4H3. The SMILES string of the molecule is CCC(CC)N(C)c1ccc(CO)cc1C. The van der Waals surface area contributed by atoms with Gasteiger partial charge in [-0.05, 0) is 37.0 Å². The average molecular weight is 221 g/mol. The summed E-state index contributed by atoms with van der Waals surface area (Å²) in [5, 5.41) is 9.08. The van der Waals surface area contributed by atoms with Crippen LogP contribution in [0.15, 0.2) is 18.2 Å². The van der Waals surface area contributed by atoms with Crippen LogP contribution in [0, 0.1) is 6.92 Å². The highest BCUT2D eigenvalue weighted by Crippen LogP contribution is 2.23. The van der Waals surface area contributed by atoms with Gasteiger partial charge in [0.2, 0.25) is 0 Å². The Morgan fingerprint density at radius 1 is 1.25 bits per heavy atom. The maximum Gasteiger partial charge on any atom is 0.0681 e. The van der Waals surface area contributed by atoms with E-state index in [4.69, 9.17) is 5.11 Å². The minimum atomic E-state index is 0.121. The van der Waals surface area contributed by atoms with Crippen molar-refractivity contribution in [2.45, 2.75) is 46.3 Å². The van der Waals surface area contributed by atoms with E-state index in [0.717, 1.165) is 18.4 Å². The highest BCUT2D eigenvalue weighted by molar-refractivity contribution is 5.54. The van der Waals surface area contributed by atoms with Crippen LogP contribution < -0.4 is 4.90 Å². The summed E-state index contributed by atoms with van der Waals surface area (Å²) in [6.07, 6.45) is 2.32. The van der Waals surface area contributed by atoms with Crippen molar-refractivity contribution in [1.29, 1.82) is 0 Å². The molecule has 0 spiro atoms. The van der Waals surface area contributed by atoms with E-state index in [9.17, 15) is 0 Å². The summed E-state index contributed by atoms with van der Waals surface area (Å²) in [5.41, 5.74) is 3.49. The first-order valence-corrected chi connectivity index (χ1v) is 6.07. The largest absolute Gasteiger partial charge is 0.392 e. The molecule has 16 heavy (non-hydrogen) atoms. The van der Waals surface area contributed by atoms with Crippen LogP contribution in [0.25, 0.3) is 0 Å². The molecule has 0 heterocycles. The van der Waals surface area contributed by atoms with E-state index >= 15 is 0 Å². The number of hydrogen-bond donors (Lipinski definition) is 1. The molecular weight excluding hydrogens is 198 g/mol. The number of aryl methyl sites for hydroxylation is 1. The van der Waals surface area contributed by atoms with Crippen molar-refractivity contribution in [2.75, 3.05) is 11.9 Å². The monoisotopic (exact) mass is 221 g/mol. The molecule has 0 bridgehead atoms. The third-order valence-corrected chi connectivity index (χ3v) is 3.31. The van der Waals surface area contributed by atoms with Crippen molar-refractivity contribution in [1.82, 2.24) is 0 Å². The zero-order chi connectivity index (χ0) is 12.1. The maximum atomic E-state index is 9.08. The number of anilines is 1. The van der Waals surface area contributed by atoms with Crippen molar-refractivity contribution in [3.05, 3.63) is 29.3 Å². The van der Waals surface area contributed by atoms with Gasteiger partial charge in [-0.1, -0.05) is 26.0 Å². The first-order chi connectivity index (χ1) is 7.63. The van der Waals surface area contributed by atoms with Gasteiger partial charge in [-0.3, -0.25) is 0 Å². The van der Waals surface area contributed by atoms with Crippen molar-refractivity contribution in [2.24, 2.45) is 0 Å². The lowest BCUT2D eigenvalue weighted by molar-refractivity contribution is 0.282. The molecule has 2 heteroatoms. The number of benzene rings is 1. The van der Waals surface area contributed by atoms with E-state index in [-0.39, 0.29) is 6.61 Å². The maximum absolute atomic E-state index is 9.08. The molecule has 1 aromatic carbocycles. The quantitative estimate of drug-likeness (QED) is 0.826. The number of hydrogen-bond acceptors (Lipinski definition) is 2. The molecule has 0 aromatic heterocycles. The molecule has 0 amide bonds. The van der Waals surface area contributed by atoms with Crippen LogP contribution in [-0.4, -0.2) is 18.2 Å². The van der Waals surface area contributed by atoms with Gasteiger partial charge in [-0.25, -0.2) is 0 Å². The Morgan fingerprint density at radius 2 is 1.88 bits per heavy atom. The molecule has 0 aliphatic heterocycles. The molecule has 1 aromatic rings. The van der Waals surface area contributed by atoms with Crippen molar-refractivity contribution in [3.63, 3.8) is 0 Å². The molecule has 1 rings (SSSR count). The summed E-state index contributed by atoms with van der Waals surface area (Å²) in [4.78, 5) is 2.34. The second-order valence-electron chi connectivity index (χ2n) is 4.36. The van der Waals surface area contributed by atoms with Crippen LogP contribution in [0.5, 0.6) is 0 Å². The Morgan fingerprint density at radius 3 is 2.31 bits per heavy atom. The number of rotatable bonds is 5. The predicted molar refractivity (Wildman–Crippen MR) is 69.9 cm³/mol. The smallest absolute Gasteiger partial charge is 0.0681 e. The minimum absolute atomic E-state index is 0.121. The summed E-state index contributed by atoms with van der Waals surface area (Å²) in [6, 6.07) is 6.77. The fourth-order valence-corrected chi connectivity index (χ4v) is 2.24. The van der Waals surface area contributed by atoms with Crippen LogP contribution in [-0.2, 0) is 6.61 Å². The Kier molecular flexibility index (Phi) is 4.81. The highest BCUT2D eigenvalue weighted by Gasteiger charge is 2.12. The molecule has 0 radical (unpaired) electrons. The lowest BCUT2D eigenvalue weighted by Gasteiger charge is -2.30. The normalized spacial score (nSPS) is 10.9. The van der Waals surface area contributed by atoms with Gasteiger partial charge in [-0.15, -0.1) is 0 Å². The molecule has 0 unspecified atom stereocenters. The van der Waals surface area contributed by atoms with Crippen molar-refractivity contribution >= 4 is 5.69 Å². The van der Waals surface area contributed by atoms with E-state index in [1.54, 1.807) is 0 Å². The lowest BCUT2D eigenvalue weighted by Crippen LogP contribution is -2.30. The van der Waals surface area contributed by atoms with E-state index in [1.807, 2.05) is 6.07 Å². The Bertz CT molecular complexity index is 332. The molecule has 1 N–H and O–H groups in total. The first kappa shape index (κ1) is 13.0. The van der Waals surface area contributed by atoms with Crippen LogP contribution in [0.1, 0.15) is 37.8 Å². The Labute approximate surface area is 98.9 Å². The fourth-order valence-electron chi connectivity index (χ4n) is 2.24. The van der Waals surface area contributed by atoms with Gasteiger partial charge in [-0.2, -0.15) is 0 Å². The van der Waals surface area contributed by atoms with Crippen LogP contribution in [0.2, 0.25) is 0 Å². The van der Waals surface area contributed by atoms with Crippen LogP contribution >= 0.6 is 0 Å². The summed E-state index contributed by atoms with van der Waals surface area (Å²) < 4.78 is 0. The minimum Gasteiger partial charge on any atom is -0.392 e. The van der Waals surface area contributed by atoms with Crippen LogP contribution in [0.3, 0.4) is 0 Å². The molecular formula is C14H23NO. The molecule has 0 aliphatic rings. The van der Waals surface area contributed by atoms with E-state index < -0.39 is 0 Å². The summed E-state index contributed by atoms with van der Waals surface area (Å²) in [5.74, 6) is 0. The predicted octanol–water partition coefficient (Wildman–Crippen LogP) is 3.11. The number of aliphatic hydroxyl groups excluding tert-OH is 1. The third kappa shape index (κ3) is 2.76. The molecule has 2 nitrogen and oxygen atoms in total. The summed E-state index contributed by atoms with van der Waals surface area (Å²) in [7, 11) is 2.15. The van der Waals surface area contributed by atoms with Gasteiger partial charge in [0.25, 0.3) is 0 Å². The van der Waals surface area contributed by atoms with Gasteiger partial charge in [0.05, 0.1) is 6.61 Å². The van der Waals surface area contributed by atoms with Gasteiger partial charge < -0.3 is 10.0 Å². The second-order valence-corrected chi connectivity index (χ2v) is 4.36. The van der Waals surface area contributed by atoms with E-state index in [2.05, 4.69) is 44.9 Å². The number of aliphatic hydroxyl groups is 1. The highest BCUT2D eigenvalue weighted by atomic mass is 16.3. The number of nitrogens with zero attached hydrogens (tertiary/aromatic N) is 1. The average Bonchev–Trinajstić information content (AvgIpc) is 2.30. The lowest BCUT2D eigenvalue weighted by atomic mass is 10.1. The summed E-state index contributed by atoms with van der Waals surface area (Å²) in [6.45, 7) is 6.67. The Hall–Kier alpha value is -1.02. The zero-order valence-corrected chi connectivity index (χ0v) is 10.8. The summed E-state index contributed by atoms with van der Waals surface area (Å²) >= 11 is 0. The van der Waals surface area contributed by atoms with Crippen molar-refractivity contribution < 1.29 is 5.11 Å². The first-order valence-electron chi connectivity index (χ1n) is 6.07. The van der Waals surface area contributed by atoms with Gasteiger partial charge in [0.15, 0.2) is 0 Å². The molecule has 0 aliphatic carbocycles. The van der Waals surface area contributed by atoms with Gasteiger partial charge in [0, 0.05) is 18.8 Å². The van der Waals surface area contributed by atoms with Gasteiger partial charge in [0.1, 0.15) is 0 Å². The zero-order valence-electron chi connectivity index (χ0n) is 10.8. The van der Waals surface area contributed by atoms with E-state index in [1.165, 1.54) is 11.3 Å². The van der Waals surface area contributed by atoms with Gasteiger partial charge >= 0.3 is 0 Å². The second kappa shape index (κ2) is 5.90. The van der Waals surface area contributed by atoms with Crippen molar-refractivity contribution in [3.8, 4) is 0 Å².